The molecule has 0 bridgehead atoms. The van der Waals surface area contributed by atoms with Crippen molar-refractivity contribution in [2.24, 2.45) is 0 Å². The van der Waals surface area contributed by atoms with Crippen LogP contribution in [-0.2, 0) is 16.1 Å². The molecule has 2 saturated heterocycles. The summed E-state index contributed by atoms with van der Waals surface area (Å²) in [5, 5.41) is 8.24. The van der Waals surface area contributed by atoms with E-state index >= 15 is 0 Å². The lowest BCUT2D eigenvalue weighted by molar-refractivity contribution is -0.0707. The quantitative estimate of drug-likeness (QED) is 0.766. The molecule has 4 rings (SSSR count). The van der Waals surface area contributed by atoms with Crippen LogP contribution in [0.15, 0.2) is 6.20 Å². The van der Waals surface area contributed by atoms with Crippen molar-refractivity contribution in [1.82, 2.24) is 24.8 Å². The van der Waals surface area contributed by atoms with E-state index in [1.54, 1.807) is 0 Å². The molecule has 4 heterocycles. The maximum atomic E-state index is 6.01. The topological polar surface area (TPSA) is 55.7 Å². The Kier molecular flexibility index (Phi) is 3.89. The maximum absolute atomic E-state index is 6.01. The van der Waals surface area contributed by atoms with E-state index < -0.39 is 0 Å². The molecule has 7 heteroatoms. The summed E-state index contributed by atoms with van der Waals surface area (Å²) in [6.45, 7) is 8.92. The predicted octanol–water partition coefficient (Wildman–Crippen LogP) is -0.244. The average molecular weight is 293 g/mol. The van der Waals surface area contributed by atoms with E-state index in [9.17, 15) is 0 Å². The second-order valence-corrected chi connectivity index (χ2v) is 6.13. The Hall–Kier alpha value is -1.02. The standard InChI is InChI=1S/C14H23N5O2/c1-2-18(4-3-17-5-7-20-8-6-17)10-14-13(1)19-12(11-21-14)9-15-16-19/h9,13-14H,1-8,10-11H2/t13-,14-/m0/s1. The zero-order chi connectivity index (χ0) is 14.1. The fourth-order valence-electron chi connectivity index (χ4n) is 3.56. The van der Waals surface area contributed by atoms with E-state index in [1.165, 1.54) is 0 Å². The Labute approximate surface area is 124 Å². The molecule has 0 radical (unpaired) electrons. The van der Waals surface area contributed by atoms with Gasteiger partial charge in [0.2, 0.25) is 0 Å². The number of aromatic nitrogens is 3. The van der Waals surface area contributed by atoms with Crippen LogP contribution < -0.4 is 0 Å². The van der Waals surface area contributed by atoms with Crippen molar-refractivity contribution in [1.29, 1.82) is 0 Å². The van der Waals surface area contributed by atoms with Gasteiger partial charge < -0.3 is 9.47 Å². The van der Waals surface area contributed by atoms with Gasteiger partial charge in [0, 0.05) is 39.3 Å². The highest BCUT2D eigenvalue weighted by Gasteiger charge is 2.36. The van der Waals surface area contributed by atoms with Crippen LogP contribution in [0.5, 0.6) is 0 Å². The van der Waals surface area contributed by atoms with E-state index in [-0.39, 0.29) is 6.10 Å². The smallest absolute Gasteiger partial charge is 0.0932 e. The Morgan fingerprint density at radius 2 is 2.00 bits per heavy atom. The Bertz CT molecular complexity index is 474. The van der Waals surface area contributed by atoms with Gasteiger partial charge in [-0.05, 0) is 6.42 Å². The van der Waals surface area contributed by atoms with Crippen LogP contribution in [0.25, 0.3) is 0 Å². The van der Waals surface area contributed by atoms with Gasteiger partial charge in [0.15, 0.2) is 0 Å². The molecule has 0 unspecified atom stereocenters. The summed E-state index contributed by atoms with van der Waals surface area (Å²) < 4.78 is 13.5. The normalized spacial score (nSPS) is 30.9. The lowest BCUT2D eigenvalue weighted by Crippen LogP contribution is -2.50. The fraction of sp³-hybridized carbons (Fsp3) is 0.857. The second kappa shape index (κ2) is 6.00. The summed E-state index contributed by atoms with van der Waals surface area (Å²) >= 11 is 0. The van der Waals surface area contributed by atoms with Crippen LogP contribution in [0, 0.1) is 0 Å². The van der Waals surface area contributed by atoms with E-state index in [4.69, 9.17) is 9.47 Å². The molecular weight excluding hydrogens is 270 g/mol. The molecule has 0 aliphatic carbocycles. The number of nitrogens with zero attached hydrogens (tertiary/aromatic N) is 5. The minimum Gasteiger partial charge on any atom is -0.379 e. The molecule has 0 N–H and O–H groups in total. The number of likely N-dealkylation sites (tertiary alicyclic amines) is 1. The number of piperidine rings is 1. The maximum Gasteiger partial charge on any atom is 0.0932 e. The second-order valence-electron chi connectivity index (χ2n) is 6.13. The molecule has 0 saturated carbocycles. The van der Waals surface area contributed by atoms with Gasteiger partial charge in [0.05, 0.1) is 43.9 Å². The number of morpholine rings is 1. The summed E-state index contributed by atoms with van der Waals surface area (Å²) in [6.07, 6.45) is 3.18. The Morgan fingerprint density at radius 3 is 2.90 bits per heavy atom. The molecule has 0 amide bonds. The third-order valence-electron chi connectivity index (χ3n) is 4.85. The third kappa shape index (κ3) is 2.83. The van der Waals surface area contributed by atoms with Crippen molar-refractivity contribution in [3.05, 3.63) is 11.9 Å². The fourth-order valence-corrected chi connectivity index (χ4v) is 3.56. The van der Waals surface area contributed by atoms with Crippen molar-refractivity contribution in [2.75, 3.05) is 52.5 Å². The average Bonchev–Trinajstić information content (AvgIpc) is 3.02. The van der Waals surface area contributed by atoms with Gasteiger partial charge in [-0.2, -0.15) is 0 Å². The molecule has 0 aromatic carbocycles. The van der Waals surface area contributed by atoms with Crippen molar-refractivity contribution in [2.45, 2.75) is 25.2 Å². The summed E-state index contributed by atoms with van der Waals surface area (Å²) in [5.74, 6) is 0. The predicted molar refractivity (Wildman–Crippen MR) is 76.0 cm³/mol. The SMILES string of the molecule is c1nnn2c1CO[C@H]1CN(CCN3CCOCC3)CC[C@@H]12. The third-order valence-corrected chi connectivity index (χ3v) is 4.85. The highest BCUT2D eigenvalue weighted by atomic mass is 16.5. The number of hydrogen-bond donors (Lipinski definition) is 0. The van der Waals surface area contributed by atoms with E-state index in [0.717, 1.165) is 64.6 Å². The number of hydrogen-bond acceptors (Lipinski definition) is 6. The van der Waals surface area contributed by atoms with E-state index in [2.05, 4.69) is 24.8 Å². The highest BCUT2D eigenvalue weighted by Crippen LogP contribution is 2.30. The van der Waals surface area contributed by atoms with Gasteiger partial charge >= 0.3 is 0 Å². The van der Waals surface area contributed by atoms with Crippen LogP contribution >= 0.6 is 0 Å². The van der Waals surface area contributed by atoms with Crippen LogP contribution in [0.1, 0.15) is 18.2 Å². The molecule has 116 valence electrons. The van der Waals surface area contributed by atoms with Crippen molar-refractivity contribution in [3.63, 3.8) is 0 Å². The minimum absolute atomic E-state index is 0.262. The number of ether oxygens (including phenoxy) is 2. The molecule has 0 spiro atoms. The molecule has 1 aromatic heterocycles. The van der Waals surface area contributed by atoms with E-state index in [0.29, 0.717) is 12.6 Å². The summed E-state index contributed by atoms with van der Waals surface area (Å²) in [4.78, 5) is 5.02. The largest absolute Gasteiger partial charge is 0.379 e. The van der Waals surface area contributed by atoms with Crippen molar-refractivity contribution < 1.29 is 9.47 Å². The van der Waals surface area contributed by atoms with Gasteiger partial charge in [-0.15, -0.1) is 5.10 Å². The molecule has 3 aliphatic heterocycles. The summed E-state index contributed by atoms with van der Waals surface area (Å²) in [5.41, 5.74) is 1.11. The monoisotopic (exact) mass is 293 g/mol. The van der Waals surface area contributed by atoms with Gasteiger partial charge in [-0.1, -0.05) is 5.21 Å². The van der Waals surface area contributed by atoms with Gasteiger partial charge in [0.25, 0.3) is 0 Å². The van der Waals surface area contributed by atoms with Crippen LogP contribution in [0.4, 0.5) is 0 Å². The lowest BCUT2D eigenvalue weighted by atomic mass is 10.0. The molecule has 1 aromatic rings. The highest BCUT2D eigenvalue weighted by molar-refractivity contribution is 5.01. The zero-order valence-electron chi connectivity index (χ0n) is 12.4. The van der Waals surface area contributed by atoms with Crippen LogP contribution in [0.2, 0.25) is 0 Å². The van der Waals surface area contributed by atoms with Crippen molar-refractivity contribution >= 4 is 0 Å². The van der Waals surface area contributed by atoms with Crippen LogP contribution in [-0.4, -0.2) is 83.4 Å². The molecule has 2 atom stereocenters. The molecule has 3 aliphatic rings. The zero-order valence-corrected chi connectivity index (χ0v) is 12.4. The summed E-state index contributed by atoms with van der Waals surface area (Å²) in [6, 6.07) is 0.371. The number of rotatable bonds is 3. The van der Waals surface area contributed by atoms with Crippen molar-refractivity contribution in [3.8, 4) is 0 Å². The lowest BCUT2D eigenvalue weighted by Gasteiger charge is -2.41. The molecule has 7 nitrogen and oxygen atoms in total. The van der Waals surface area contributed by atoms with Crippen LogP contribution in [0.3, 0.4) is 0 Å². The Balaban J connectivity index is 1.31. The van der Waals surface area contributed by atoms with Gasteiger partial charge in [-0.3, -0.25) is 9.80 Å². The molecule has 2 fully saturated rings. The molecular formula is C14H23N5O2. The minimum atomic E-state index is 0.262. The first-order valence-corrected chi connectivity index (χ1v) is 7.93. The first-order valence-electron chi connectivity index (χ1n) is 7.93. The molecule has 21 heavy (non-hydrogen) atoms. The van der Waals surface area contributed by atoms with E-state index in [1.807, 2.05) is 6.20 Å². The first-order chi connectivity index (χ1) is 10.4. The first kappa shape index (κ1) is 13.6. The van der Waals surface area contributed by atoms with Gasteiger partial charge in [-0.25, -0.2) is 4.68 Å². The Morgan fingerprint density at radius 1 is 1.14 bits per heavy atom. The summed E-state index contributed by atoms with van der Waals surface area (Å²) in [7, 11) is 0. The number of fused-ring (bicyclic) bond motifs is 3. The van der Waals surface area contributed by atoms with Gasteiger partial charge in [0.1, 0.15) is 0 Å².